The molecule has 0 aliphatic heterocycles. The lowest BCUT2D eigenvalue weighted by Gasteiger charge is -2.20. The van der Waals surface area contributed by atoms with E-state index in [0.29, 0.717) is 44.1 Å². The number of benzene rings is 5. The van der Waals surface area contributed by atoms with Crippen molar-refractivity contribution in [3.8, 4) is 22.6 Å². The minimum Gasteiger partial charge on any atom is -0.508 e. The SMILES string of the molecule is Cc1ccc2cccc(NCc3c(O)ccc4c(-c5ccccc5C(=O)O)c5cc(Cl)c(O)c(CNc6cccc7ccc(C)nc67)c5nc34)c2n1. The van der Waals surface area contributed by atoms with Crippen LogP contribution in [-0.4, -0.2) is 36.2 Å². The lowest BCUT2D eigenvalue weighted by Crippen LogP contribution is -2.07. The van der Waals surface area contributed by atoms with Gasteiger partial charge >= 0.3 is 5.97 Å². The van der Waals surface area contributed by atoms with E-state index in [4.69, 9.17) is 26.6 Å². The highest BCUT2D eigenvalue weighted by molar-refractivity contribution is 6.33. The van der Waals surface area contributed by atoms with E-state index in [1.54, 1.807) is 42.5 Å². The highest BCUT2D eigenvalue weighted by atomic mass is 35.5. The zero-order valence-corrected chi connectivity index (χ0v) is 29.0. The summed E-state index contributed by atoms with van der Waals surface area (Å²) < 4.78 is 0. The number of anilines is 2. The van der Waals surface area contributed by atoms with Crippen LogP contribution in [0.5, 0.6) is 11.5 Å². The number of pyridine rings is 3. The molecular formula is C42H32ClN5O4. The molecule has 9 nitrogen and oxygen atoms in total. The molecule has 0 spiro atoms. The maximum Gasteiger partial charge on any atom is 0.336 e. The summed E-state index contributed by atoms with van der Waals surface area (Å²) in [7, 11) is 0. The summed E-state index contributed by atoms with van der Waals surface area (Å²) in [6.45, 7) is 4.15. The zero-order valence-electron chi connectivity index (χ0n) is 28.2. The molecule has 5 N–H and O–H groups in total. The fourth-order valence-electron chi connectivity index (χ4n) is 6.87. The molecule has 0 atom stereocenters. The lowest BCUT2D eigenvalue weighted by molar-refractivity contribution is 0.0697. The van der Waals surface area contributed by atoms with Crippen molar-refractivity contribution in [3.63, 3.8) is 0 Å². The average Bonchev–Trinajstić information content (AvgIpc) is 3.14. The number of fused-ring (bicyclic) bond motifs is 4. The van der Waals surface area contributed by atoms with E-state index >= 15 is 0 Å². The van der Waals surface area contributed by atoms with Gasteiger partial charge in [-0.15, -0.1) is 0 Å². The Bertz CT molecular complexity index is 2750. The molecule has 0 aliphatic rings. The van der Waals surface area contributed by atoms with Gasteiger partial charge in [-0.1, -0.05) is 66.2 Å². The van der Waals surface area contributed by atoms with Crippen LogP contribution >= 0.6 is 11.6 Å². The molecule has 10 heteroatoms. The number of aromatic nitrogens is 3. The smallest absolute Gasteiger partial charge is 0.336 e. The molecule has 3 aromatic heterocycles. The van der Waals surface area contributed by atoms with Gasteiger partial charge < -0.3 is 26.0 Å². The number of phenolic OH excluding ortho intramolecular Hbond substituents is 2. The first-order valence-electron chi connectivity index (χ1n) is 16.7. The van der Waals surface area contributed by atoms with Gasteiger partial charge in [-0.05, 0) is 67.9 Å². The minimum atomic E-state index is -1.10. The summed E-state index contributed by atoms with van der Waals surface area (Å²) >= 11 is 6.75. The number of nitrogens with one attached hydrogen (secondary N) is 2. The number of aryl methyl sites for hydroxylation is 2. The third-order valence-electron chi connectivity index (χ3n) is 9.40. The number of nitrogens with zero attached hydrogens (tertiary/aromatic N) is 3. The molecule has 8 rings (SSSR count). The predicted molar refractivity (Wildman–Crippen MR) is 208 cm³/mol. The molecule has 0 radical (unpaired) electrons. The Labute approximate surface area is 303 Å². The third-order valence-corrected chi connectivity index (χ3v) is 9.69. The molecule has 0 bridgehead atoms. The Morgan fingerprint density at radius 3 is 1.88 bits per heavy atom. The average molecular weight is 706 g/mol. The van der Waals surface area contributed by atoms with Crippen molar-refractivity contribution in [2.45, 2.75) is 26.9 Å². The first-order chi connectivity index (χ1) is 25.2. The second-order valence-electron chi connectivity index (χ2n) is 12.7. The highest BCUT2D eigenvalue weighted by Gasteiger charge is 2.24. The number of aromatic hydroxyl groups is 2. The first kappa shape index (κ1) is 32.7. The molecule has 5 aromatic carbocycles. The van der Waals surface area contributed by atoms with Crippen molar-refractivity contribution in [2.24, 2.45) is 0 Å². The van der Waals surface area contributed by atoms with E-state index in [0.717, 1.165) is 44.6 Å². The third kappa shape index (κ3) is 5.71. The fraction of sp³-hybridized carbons (Fsp3) is 0.0952. The maximum atomic E-state index is 12.6. The van der Waals surface area contributed by atoms with Crippen LogP contribution < -0.4 is 10.6 Å². The quantitative estimate of drug-likeness (QED) is 0.0977. The second-order valence-corrected chi connectivity index (χ2v) is 13.2. The van der Waals surface area contributed by atoms with Gasteiger partial charge in [0.15, 0.2) is 0 Å². The topological polar surface area (TPSA) is 140 Å². The number of carboxylic acids is 1. The van der Waals surface area contributed by atoms with Crippen LogP contribution in [0.1, 0.15) is 32.9 Å². The summed E-state index contributed by atoms with van der Waals surface area (Å²) in [5.41, 5.74) is 7.66. The van der Waals surface area contributed by atoms with E-state index < -0.39 is 5.97 Å². The van der Waals surface area contributed by atoms with Crippen LogP contribution in [0.3, 0.4) is 0 Å². The van der Waals surface area contributed by atoms with E-state index in [1.807, 2.05) is 74.5 Å². The number of carbonyl (C=O) groups is 1. The predicted octanol–water partition coefficient (Wildman–Crippen LogP) is 9.76. The van der Waals surface area contributed by atoms with Gasteiger partial charge in [0.1, 0.15) is 11.5 Å². The van der Waals surface area contributed by atoms with Crippen molar-refractivity contribution >= 4 is 72.6 Å². The summed E-state index contributed by atoms with van der Waals surface area (Å²) in [5.74, 6) is -1.25. The van der Waals surface area contributed by atoms with Crippen molar-refractivity contribution in [1.82, 2.24) is 15.0 Å². The summed E-state index contributed by atoms with van der Waals surface area (Å²) in [4.78, 5) is 27.2. The van der Waals surface area contributed by atoms with Crippen LogP contribution in [-0.2, 0) is 13.1 Å². The van der Waals surface area contributed by atoms with Crippen molar-refractivity contribution in [3.05, 3.63) is 136 Å². The van der Waals surface area contributed by atoms with Crippen molar-refractivity contribution in [2.75, 3.05) is 10.6 Å². The molecule has 256 valence electrons. The number of halogens is 1. The zero-order chi connectivity index (χ0) is 36.1. The number of rotatable bonds is 8. The Kier molecular flexibility index (Phi) is 8.20. The monoisotopic (exact) mass is 705 g/mol. The van der Waals surface area contributed by atoms with Gasteiger partial charge in [-0.2, -0.15) is 0 Å². The number of carboxylic acid groups (broad SMARTS) is 1. The molecule has 3 heterocycles. The Morgan fingerprint density at radius 2 is 1.25 bits per heavy atom. The molecule has 0 amide bonds. The molecule has 52 heavy (non-hydrogen) atoms. The van der Waals surface area contributed by atoms with E-state index in [-0.39, 0.29) is 35.2 Å². The van der Waals surface area contributed by atoms with Crippen LogP contribution in [0.25, 0.3) is 54.7 Å². The molecule has 8 aromatic rings. The lowest BCUT2D eigenvalue weighted by atomic mass is 9.90. The fourth-order valence-corrected chi connectivity index (χ4v) is 7.10. The van der Waals surface area contributed by atoms with Gasteiger partial charge in [-0.25, -0.2) is 9.78 Å². The minimum absolute atomic E-state index is 0.00348. The van der Waals surface area contributed by atoms with Crippen molar-refractivity contribution < 1.29 is 20.1 Å². The standard InChI is InChI=1S/C42H32ClN5O4/c1-22-13-15-24-7-5-11-33(37(24)46-22)44-20-30-35(49)18-17-28-36(26-9-3-4-10-27(26)42(51)52)29-19-32(43)41(50)31(40(29)48-39(28)30)21-45-34-12-6-8-25-16-14-23(2)47-38(25)34/h3-19,44-45,49-50H,20-21H2,1-2H3,(H,51,52). The Balaban J connectivity index is 1.36. The Hall–Kier alpha value is -6.45. The molecule has 0 fully saturated rings. The second kappa shape index (κ2) is 13.0. The van der Waals surface area contributed by atoms with Gasteiger partial charge in [-0.3, -0.25) is 9.97 Å². The number of para-hydroxylation sites is 2. The summed E-state index contributed by atoms with van der Waals surface area (Å²) in [6, 6.07) is 31.3. The number of phenols is 2. The number of aromatic carboxylic acids is 1. The van der Waals surface area contributed by atoms with Crippen molar-refractivity contribution in [1.29, 1.82) is 0 Å². The van der Waals surface area contributed by atoms with Gasteiger partial charge in [0.05, 0.1) is 44.0 Å². The van der Waals surface area contributed by atoms with Crippen LogP contribution in [0.4, 0.5) is 11.4 Å². The van der Waals surface area contributed by atoms with E-state index in [1.165, 1.54) is 0 Å². The number of hydrogen-bond acceptors (Lipinski definition) is 8. The van der Waals surface area contributed by atoms with E-state index in [2.05, 4.69) is 10.6 Å². The van der Waals surface area contributed by atoms with E-state index in [9.17, 15) is 20.1 Å². The first-order valence-corrected chi connectivity index (χ1v) is 17.1. The molecule has 0 unspecified atom stereocenters. The van der Waals surface area contributed by atoms with Gasteiger partial charge in [0.25, 0.3) is 0 Å². The van der Waals surface area contributed by atoms with Crippen LogP contribution in [0.15, 0.2) is 103 Å². The highest BCUT2D eigenvalue weighted by Crippen LogP contribution is 2.44. The molecular weight excluding hydrogens is 674 g/mol. The molecule has 0 aliphatic carbocycles. The number of hydrogen-bond donors (Lipinski definition) is 5. The Morgan fingerprint density at radius 1 is 0.654 bits per heavy atom. The summed E-state index contributed by atoms with van der Waals surface area (Å²) in [6.07, 6.45) is 0. The van der Waals surface area contributed by atoms with Crippen LogP contribution in [0, 0.1) is 13.8 Å². The molecule has 0 saturated heterocycles. The summed E-state index contributed by atoms with van der Waals surface area (Å²) in [5, 5.41) is 43.3. The van der Waals surface area contributed by atoms with Crippen LogP contribution in [0.2, 0.25) is 5.02 Å². The van der Waals surface area contributed by atoms with Gasteiger partial charge in [0, 0.05) is 62.7 Å². The normalized spacial score (nSPS) is 11.4. The maximum absolute atomic E-state index is 12.6. The van der Waals surface area contributed by atoms with Gasteiger partial charge in [0.2, 0.25) is 0 Å². The largest absolute Gasteiger partial charge is 0.508 e. The molecule has 0 saturated carbocycles.